The van der Waals surface area contributed by atoms with Gasteiger partial charge in [0.2, 0.25) is 11.8 Å². The van der Waals surface area contributed by atoms with Crippen molar-refractivity contribution in [1.82, 2.24) is 10.6 Å². The summed E-state index contributed by atoms with van der Waals surface area (Å²) in [6.07, 6.45) is 0.0108. The zero-order valence-corrected chi connectivity index (χ0v) is 18.1. The lowest BCUT2D eigenvalue weighted by molar-refractivity contribution is -0.142. The molecule has 0 fully saturated rings. The van der Waals surface area contributed by atoms with Crippen LogP contribution in [0.25, 0.3) is 0 Å². The van der Waals surface area contributed by atoms with Crippen LogP contribution in [0, 0.1) is 5.82 Å². The molecule has 0 saturated carbocycles. The SMILES string of the molecule is CC(=O)N[C@@H](Cc1cccc(F)c1)C(=O)N[C@H](C(=O)O)C(c1ccccc1)c1ccccc1. The van der Waals surface area contributed by atoms with Gasteiger partial charge in [-0.2, -0.15) is 0 Å². The molecule has 0 radical (unpaired) electrons. The predicted molar refractivity (Wildman–Crippen MR) is 122 cm³/mol. The zero-order valence-electron chi connectivity index (χ0n) is 18.1. The number of carboxylic acids is 1. The highest BCUT2D eigenvalue weighted by molar-refractivity contribution is 5.90. The number of amides is 2. The first-order valence-electron chi connectivity index (χ1n) is 10.5. The molecule has 2 atom stereocenters. The largest absolute Gasteiger partial charge is 0.480 e. The fourth-order valence-corrected chi connectivity index (χ4v) is 3.79. The third-order valence-corrected chi connectivity index (χ3v) is 5.24. The molecule has 0 saturated heterocycles. The molecule has 0 aliphatic heterocycles. The maximum Gasteiger partial charge on any atom is 0.327 e. The van der Waals surface area contributed by atoms with Gasteiger partial charge in [0.05, 0.1) is 0 Å². The van der Waals surface area contributed by atoms with Crippen molar-refractivity contribution >= 4 is 17.8 Å². The minimum atomic E-state index is -1.30. The summed E-state index contributed by atoms with van der Waals surface area (Å²) in [5, 5.41) is 15.2. The predicted octanol–water partition coefficient (Wildman–Crippen LogP) is 3.27. The molecule has 3 aromatic carbocycles. The molecule has 7 heteroatoms. The highest BCUT2D eigenvalue weighted by Gasteiger charge is 2.34. The van der Waals surface area contributed by atoms with Gasteiger partial charge in [0.1, 0.15) is 17.9 Å². The van der Waals surface area contributed by atoms with Crippen LogP contribution in [0.4, 0.5) is 4.39 Å². The van der Waals surface area contributed by atoms with Gasteiger partial charge in [-0.05, 0) is 28.8 Å². The number of aliphatic carboxylic acids is 1. The molecular weight excluding hydrogens is 423 g/mol. The van der Waals surface area contributed by atoms with E-state index in [9.17, 15) is 23.9 Å². The molecule has 0 aliphatic carbocycles. The maximum absolute atomic E-state index is 13.6. The molecule has 3 aromatic rings. The summed E-state index contributed by atoms with van der Waals surface area (Å²) in [5.41, 5.74) is 1.94. The van der Waals surface area contributed by atoms with Gasteiger partial charge in [-0.1, -0.05) is 72.8 Å². The number of rotatable bonds is 9. The lowest BCUT2D eigenvalue weighted by Crippen LogP contribution is -2.54. The van der Waals surface area contributed by atoms with Gasteiger partial charge < -0.3 is 15.7 Å². The second-order valence-electron chi connectivity index (χ2n) is 7.71. The molecule has 0 heterocycles. The minimum Gasteiger partial charge on any atom is -0.480 e. The quantitative estimate of drug-likeness (QED) is 0.468. The van der Waals surface area contributed by atoms with Crippen molar-refractivity contribution in [1.29, 1.82) is 0 Å². The van der Waals surface area contributed by atoms with E-state index in [-0.39, 0.29) is 6.42 Å². The van der Waals surface area contributed by atoms with Crippen LogP contribution in [-0.2, 0) is 20.8 Å². The maximum atomic E-state index is 13.6. The van der Waals surface area contributed by atoms with Gasteiger partial charge in [-0.3, -0.25) is 9.59 Å². The molecule has 170 valence electrons. The Morgan fingerprint density at radius 1 is 0.848 bits per heavy atom. The Morgan fingerprint density at radius 3 is 1.91 bits per heavy atom. The van der Waals surface area contributed by atoms with Crippen molar-refractivity contribution in [3.8, 4) is 0 Å². The van der Waals surface area contributed by atoms with Crippen LogP contribution in [0.2, 0.25) is 0 Å². The number of hydrogen-bond acceptors (Lipinski definition) is 3. The summed E-state index contributed by atoms with van der Waals surface area (Å²) in [4.78, 5) is 37.2. The van der Waals surface area contributed by atoms with E-state index >= 15 is 0 Å². The lowest BCUT2D eigenvalue weighted by Gasteiger charge is -2.28. The van der Waals surface area contributed by atoms with Crippen molar-refractivity contribution < 1.29 is 23.9 Å². The summed E-state index contributed by atoms with van der Waals surface area (Å²) >= 11 is 0. The number of carboxylic acid groups (broad SMARTS) is 1. The van der Waals surface area contributed by atoms with E-state index in [0.717, 1.165) is 11.1 Å². The van der Waals surface area contributed by atoms with Crippen LogP contribution in [0.5, 0.6) is 0 Å². The molecule has 3 N–H and O–H groups in total. The fraction of sp³-hybridized carbons (Fsp3) is 0.192. The summed E-state index contributed by atoms with van der Waals surface area (Å²) in [6.45, 7) is 1.26. The van der Waals surface area contributed by atoms with E-state index in [4.69, 9.17) is 0 Å². The molecule has 2 amide bonds. The number of carbonyl (C=O) groups is 3. The van der Waals surface area contributed by atoms with E-state index in [1.807, 2.05) is 12.1 Å². The van der Waals surface area contributed by atoms with Gasteiger partial charge >= 0.3 is 5.97 Å². The first-order chi connectivity index (χ1) is 15.8. The normalized spacial score (nSPS) is 12.6. The number of hydrogen-bond donors (Lipinski definition) is 3. The van der Waals surface area contributed by atoms with Crippen molar-refractivity contribution in [3.63, 3.8) is 0 Å². The number of nitrogens with one attached hydrogen (secondary N) is 2. The molecule has 0 aromatic heterocycles. The molecule has 0 aliphatic rings. The Labute approximate surface area is 191 Å². The molecule has 0 bridgehead atoms. The summed E-state index contributed by atoms with van der Waals surface area (Å²) < 4.78 is 13.6. The van der Waals surface area contributed by atoms with Gasteiger partial charge in [-0.25, -0.2) is 9.18 Å². The Bertz CT molecular complexity index is 1070. The average Bonchev–Trinajstić information content (AvgIpc) is 2.79. The van der Waals surface area contributed by atoms with Gasteiger partial charge in [0, 0.05) is 19.3 Å². The smallest absolute Gasteiger partial charge is 0.327 e. The summed E-state index contributed by atoms with van der Waals surface area (Å²) in [5.74, 6) is -3.47. The van der Waals surface area contributed by atoms with E-state index < -0.39 is 41.6 Å². The molecule has 33 heavy (non-hydrogen) atoms. The lowest BCUT2D eigenvalue weighted by atomic mass is 9.84. The van der Waals surface area contributed by atoms with Crippen LogP contribution < -0.4 is 10.6 Å². The van der Waals surface area contributed by atoms with Crippen molar-refractivity contribution in [2.45, 2.75) is 31.3 Å². The molecule has 0 unspecified atom stereocenters. The van der Waals surface area contributed by atoms with Crippen LogP contribution in [-0.4, -0.2) is 35.0 Å². The Balaban J connectivity index is 1.92. The second kappa shape index (κ2) is 11.0. The standard InChI is InChI=1S/C26H25FN2O4/c1-17(30)28-22(16-18-9-8-14-21(27)15-18)25(31)29-24(26(32)33)23(19-10-4-2-5-11-19)20-12-6-3-7-13-20/h2-15,22-24H,16H2,1H3,(H,28,30)(H,29,31)(H,32,33)/t22-,24-/m0/s1. The van der Waals surface area contributed by atoms with Gasteiger partial charge in [-0.15, -0.1) is 0 Å². The van der Waals surface area contributed by atoms with Crippen LogP contribution in [0.1, 0.15) is 29.5 Å². The minimum absolute atomic E-state index is 0.0108. The van der Waals surface area contributed by atoms with E-state index in [1.54, 1.807) is 54.6 Å². The average molecular weight is 448 g/mol. The van der Waals surface area contributed by atoms with Crippen molar-refractivity contribution in [3.05, 3.63) is 107 Å². The van der Waals surface area contributed by atoms with Crippen molar-refractivity contribution in [2.24, 2.45) is 0 Å². The fourth-order valence-electron chi connectivity index (χ4n) is 3.79. The Hall–Kier alpha value is -4.00. The molecular formula is C26H25FN2O4. The Kier molecular flexibility index (Phi) is 7.91. The monoisotopic (exact) mass is 448 g/mol. The first-order valence-corrected chi connectivity index (χ1v) is 10.5. The molecule has 3 rings (SSSR count). The zero-order chi connectivity index (χ0) is 23.8. The third-order valence-electron chi connectivity index (χ3n) is 5.24. The Morgan fingerprint density at radius 2 is 1.42 bits per heavy atom. The number of carbonyl (C=O) groups excluding carboxylic acids is 2. The second-order valence-corrected chi connectivity index (χ2v) is 7.71. The number of benzene rings is 3. The highest BCUT2D eigenvalue weighted by atomic mass is 19.1. The van der Waals surface area contributed by atoms with Crippen LogP contribution in [0.3, 0.4) is 0 Å². The molecule has 0 spiro atoms. The summed E-state index contributed by atoms with van der Waals surface area (Å²) in [7, 11) is 0. The molecule has 6 nitrogen and oxygen atoms in total. The van der Waals surface area contributed by atoms with Crippen LogP contribution >= 0.6 is 0 Å². The van der Waals surface area contributed by atoms with Crippen molar-refractivity contribution in [2.75, 3.05) is 0 Å². The van der Waals surface area contributed by atoms with Crippen LogP contribution in [0.15, 0.2) is 84.9 Å². The van der Waals surface area contributed by atoms with E-state index in [1.165, 1.54) is 25.1 Å². The third kappa shape index (κ3) is 6.49. The van der Waals surface area contributed by atoms with Gasteiger partial charge in [0.25, 0.3) is 0 Å². The first kappa shape index (κ1) is 23.7. The summed E-state index contributed by atoms with van der Waals surface area (Å²) in [6, 6.07) is 21.4. The van der Waals surface area contributed by atoms with E-state index in [2.05, 4.69) is 10.6 Å². The van der Waals surface area contributed by atoms with Gasteiger partial charge in [0.15, 0.2) is 0 Å². The van der Waals surface area contributed by atoms with E-state index in [0.29, 0.717) is 5.56 Å². The highest BCUT2D eigenvalue weighted by Crippen LogP contribution is 2.28. The topological polar surface area (TPSA) is 95.5 Å². The number of halogens is 1.